The van der Waals surface area contributed by atoms with Gasteiger partial charge < -0.3 is 20.0 Å². The molecule has 8 rings (SSSR count). The van der Waals surface area contributed by atoms with Crippen molar-refractivity contribution in [2.24, 2.45) is 0 Å². The van der Waals surface area contributed by atoms with Crippen molar-refractivity contribution in [2.45, 2.75) is 51.2 Å². The number of benzene rings is 4. The Labute approximate surface area is 319 Å². The number of carbonyl (C=O) groups is 2. The summed E-state index contributed by atoms with van der Waals surface area (Å²) in [5.74, 6) is 0.535. The normalized spacial score (nSPS) is 15.1. The fourth-order valence-corrected chi connectivity index (χ4v) is 6.91. The van der Waals surface area contributed by atoms with Crippen molar-refractivity contribution in [3.8, 4) is 22.3 Å². The number of hydrogen-bond acceptors (Lipinski definition) is 4. The summed E-state index contributed by atoms with van der Waals surface area (Å²) in [5, 5.41) is 2.82. The van der Waals surface area contributed by atoms with Crippen LogP contribution >= 0.6 is 0 Å². The number of hydrogen-bond donors (Lipinski definition) is 1. The standard InChI is InChI=1S/C22H19F3N4O.C20H19F3N2O/c23-22(24,25)19-6-4-15(5-7-19)17-3-2-16-8-11-29(14-18(16)12-17)21(30)28-13-20-26-9-1-10-27-20;21-20(22,23)18-6-4-14(5-7-18)16-3-2-15-8-11-25(13-17(15)12-16)19(26)24-9-1-10-24/h1-7,9-10,12H,8,11,13-14H2,(H,28,30);2-7,12H,1,8-11,13H2. The SMILES string of the molecule is O=C(N1CCC1)N1CCc2ccc(-c3ccc(C(F)(F)F)cc3)cc2C1.O=C(NCc1ncccn1)N1CCc2ccc(-c3ccc(C(F)(F)F)cc3)cc2C1. The minimum atomic E-state index is -4.35. The van der Waals surface area contributed by atoms with Gasteiger partial charge in [0.05, 0.1) is 17.7 Å². The van der Waals surface area contributed by atoms with Gasteiger partial charge in [0.15, 0.2) is 0 Å². The molecule has 3 aliphatic rings. The Balaban J connectivity index is 0.000000173. The van der Waals surface area contributed by atoms with Crippen LogP contribution in [-0.4, -0.2) is 62.9 Å². The van der Waals surface area contributed by atoms with Crippen LogP contribution in [0.5, 0.6) is 0 Å². The van der Waals surface area contributed by atoms with E-state index in [4.69, 9.17) is 0 Å². The Kier molecular flexibility index (Phi) is 11.0. The summed E-state index contributed by atoms with van der Waals surface area (Å²) >= 11 is 0. The lowest BCUT2D eigenvalue weighted by Gasteiger charge is -2.38. The fourth-order valence-electron chi connectivity index (χ4n) is 6.91. The third-order valence-electron chi connectivity index (χ3n) is 10.2. The quantitative estimate of drug-likeness (QED) is 0.185. The minimum Gasteiger partial charge on any atom is -0.331 e. The Morgan fingerprint density at radius 3 is 1.50 bits per heavy atom. The van der Waals surface area contributed by atoms with Crippen LogP contribution in [0.3, 0.4) is 0 Å². The van der Waals surface area contributed by atoms with Gasteiger partial charge in [0, 0.05) is 51.7 Å². The monoisotopic (exact) mass is 772 g/mol. The lowest BCUT2D eigenvalue weighted by Crippen LogP contribution is -2.50. The van der Waals surface area contributed by atoms with Crippen molar-refractivity contribution in [1.82, 2.24) is 30.0 Å². The van der Waals surface area contributed by atoms with Crippen LogP contribution in [0.25, 0.3) is 22.3 Å². The van der Waals surface area contributed by atoms with E-state index in [9.17, 15) is 35.9 Å². The highest BCUT2D eigenvalue weighted by Crippen LogP contribution is 2.34. The second kappa shape index (κ2) is 16.0. The number of halogens is 6. The maximum absolute atomic E-state index is 12.8. The van der Waals surface area contributed by atoms with Gasteiger partial charge >= 0.3 is 24.4 Å². The van der Waals surface area contributed by atoms with Crippen LogP contribution < -0.4 is 5.32 Å². The highest BCUT2D eigenvalue weighted by Gasteiger charge is 2.32. The van der Waals surface area contributed by atoms with E-state index in [2.05, 4.69) is 15.3 Å². The number of alkyl halides is 6. The topological polar surface area (TPSA) is 81.7 Å². The average molecular weight is 773 g/mol. The Hall–Kier alpha value is -5.92. The molecule has 4 amide bonds. The van der Waals surface area contributed by atoms with Gasteiger partial charge in [-0.05, 0) is 106 Å². The molecule has 56 heavy (non-hydrogen) atoms. The second-order valence-electron chi connectivity index (χ2n) is 13.9. The van der Waals surface area contributed by atoms with Gasteiger partial charge in [-0.15, -0.1) is 0 Å². The molecule has 3 aliphatic heterocycles. The summed E-state index contributed by atoms with van der Waals surface area (Å²) in [4.78, 5) is 38.5. The summed E-state index contributed by atoms with van der Waals surface area (Å²) < 4.78 is 76.5. The Bertz CT molecular complexity index is 2170. The molecule has 1 aromatic heterocycles. The number of fused-ring (bicyclic) bond motifs is 2. The molecule has 1 N–H and O–H groups in total. The molecule has 5 aromatic rings. The number of rotatable bonds is 4. The van der Waals surface area contributed by atoms with Crippen molar-refractivity contribution >= 4 is 12.1 Å². The molecule has 4 heterocycles. The summed E-state index contributed by atoms with van der Waals surface area (Å²) in [6, 6.07) is 23.7. The van der Waals surface area contributed by atoms with Gasteiger partial charge in [-0.25, -0.2) is 19.6 Å². The Morgan fingerprint density at radius 2 is 1.04 bits per heavy atom. The van der Waals surface area contributed by atoms with Crippen molar-refractivity contribution in [3.63, 3.8) is 0 Å². The van der Waals surface area contributed by atoms with Crippen molar-refractivity contribution < 1.29 is 35.9 Å². The first-order valence-electron chi connectivity index (χ1n) is 18.2. The van der Waals surface area contributed by atoms with E-state index >= 15 is 0 Å². The first-order valence-corrected chi connectivity index (χ1v) is 18.2. The van der Waals surface area contributed by atoms with Crippen molar-refractivity contribution in [1.29, 1.82) is 0 Å². The molecule has 14 heteroatoms. The van der Waals surface area contributed by atoms with Crippen LogP contribution in [-0.2, 0) is 44.8 Å². The maximum Gasteiger partial charge on any atom is 0.416 e. The predicted molar refractivity (Wildman–Crippen MR) is 198 cm³/mol. The van der Waals surface area contributed by atoms with E-state index in [1.165, 1.54) is 29.8 Å². The molecule has 0 saturated carbocycles. The average Bonchev–Trinajstić information content (AvgIpc) is 3.18. The molecule has 1 saturated heterocycles. The number of aromatic nitrogens is 2. The van der Waals surface area contributed by atoms with Crippen LogP contribution in [0, 0.1) is 0 Å². The number of nitrogens with zero attached hydrogens (tertiary/aromatic N) is 5. The highest BCUT2D eigenvalue weighted by molar-refractivity contribution is 5.76. The molecule has 290 valence electrons. The van der Waals surface area contributed by atoms with Gasteiger partial charge in [-0.3, -0.25) is 0 Å². The molecular formula is C42H38F6N6O2. The van der Waals surface area contributed by atoms with Crippen LogP contribution in [0.15, 0.2) is 103 Å². The summed E-state index contributed by atoms with van der Waals surface area (Å²) in [7, 11) is 0. The van der Waals surface area contributed by atoms with Gasteiger partial charge in [0.1, 0.15) is 5.82 Å². The molecule has 0 spiro atoms. The molecule has 0 atom stereocenters. The number of likely N-dealkylation sites (tertiary alicyclic amines) is 1. The highest BCUT2D eigenvalue weighted by atomic mass is 19.4. The zero-order valence-electron chi connectivity index (χ0n) is 30.2. The number of urea groups is 2. The predicted octanol–water partition coefficient (Wildman–Crippen LogP) is 8.99. The largest absolute Gasteiger partial charge is 0.416 e. The molecular weight excluding hydrogens is 734 g/mol. The maximum atomic E-state index is 12.8. The lowest BCUT2D eigenvalue weighted by molar-refractivity contribution is -0.138. The van der Waals surface area contributed by atoms with Gasteiger partial charge in [0.25, 0.3) is 0 Å². The molecule has 0 bridgehead atoms. The smallest absolute Gasteiger partial charge is 0.331 e. The number of amides is 4. The van der Waals surface area contributed by atoms with Crippen LogP contribution in [0.1, 0.15) is 45.6 Å². The first kappa shape index (κ1) is 38.4. The number of carbonyl (C=O) groups excluding carboxylic acids is 2. The van der Waals surface area contributed by atoms with Gasteiger partial charge in [-0.2, -0.15) is 26.3 Å². The van der Waals surface area contributed by atoms with E-state index in [-0.39, 0.29) is 18.6 Å². The van der Waals surface area contributed by atoms with E-state index in [0.717, 1.165) is 90.0 Å². The molecule has 0 unspecified atom stereocenters. The third kappa shape index (κ3) is 8.96. The fraction of sp³-hybridized carbons (Fsp3) is 0.286. The lowest BCUT2D eigenvalue weighted by atomic mass is 9.94. The zero-order chi connectivity index (χ0) is 39.5. The van der Waals surface area contributed by atoms with Gasteiger partial charge in [-0.1, -0.05) is 48.5 Å². The summed E-state index contributed by atoms with van der Waals surface area (Å²) in [6.07, 6.45) is -2.85. The summed E-state index contributed by atoms with van der Waals surface area (Å²) in [6.45, 7) is 4.19. The van der Waals surface area contributed by atoms with Crippen molar-refractivity contribution in [3.05, 3.63) is 143 Å². The third-order valence-corrected chi connectivity index (χ3v) is 10.2. The Morgan fingerprint density at radius 1 is 0.571 bits per heavy atom. The van der Waals surface area contributed by atoms with Crippen molar-refractivity contribution in [2.75, 3.05) is 26.2 Å². The van der Waals surface area contributed by atoms with E-state index in [1.54, 1.807) is 23.4 Å². The number of nitrogens with one attached hydrogen (secondary N) is 1. The molecule has 8 nitrogen and oxygen atoms in total. The van der Waals surface area contributed by atoms with E-state index in [1.807, 2.05) is 46.2 Å². The van der Waals surface area contributed by atoms with E-state index < -0.39 is 23.5 Å². The second-order valence-corrected chi connectivity index (χ2v) is 13.9. The van der Waals surface area contributed by atoms with Gasteiger partial charge in [0.2, 0.25) is 0 Å². The van der Waals surface area contributed by atoms with E-state index in [0.29, 0.717) is 37.6 Å². The summed E-state index contributed by atoms with van der Waals surface area (Å²) in [5.41, 5.74) is 6.22. The molecule has 1 fully saturated rings. The van der Waals surface area contributed by atoms with Crippen LogP contribution in [0.2, 0.25) is 0 Å². The molecule has 4 aromatic carbocycles. The first-order chi connectivity index (χ1) is 26.8. The van der Waals surface area contributed by atoms with Crippen LogP contribution in [0.4, 0.5) is 35.9 Å². The molecule has 0 aliphatic carbocycles. The minimum absolute atomic E-state index is 0.0850. The zero-order valence-corrected chi connectivity index (χ0v) is 30.2. The molecule has 0 radical (unpaired) electrons.